The van der Waals surface area contributed by atoms with E-state index in [0.717, 1.165) is 48.3 Å². The zero-order valence-corrected chi connectivity index (χ0v) is 16.8. The van der Waals surface area contributed by atoms with E-state index < -0.39 is 6.23 Å². The summed E-state index contributed by atoms with van der Waals surface area (Å²) in [7, 11) is 0. The SMILES string of the molecule is C=C1NC(=O)CCC1N1C(=C)c2c(NCCCCCOCCO)cccc2C1O. The third-order valence-electron chi connectivity index (χ3n) is 5.44. The predicted octanol–water partition coefficient (Wildman–Crippen LogP) is 2.35. The van der Waals surface area contributed by atoms with Gasteiger partial charge in [-0.25, -0.2) is 0 Å². The van der Waals surface area contributed by atoms with E-state index in [4.69, 9.17) is 9.84 Å². The molecule has 1 aromatic carbocycles. The Bertz CT molecular complexity index is 764. The van der Waals surface area contributed by atoms with Gasteiger partial charge in [-0.1, -0.05) is 25.3 Å². The lowest BCUT2D eigenvalue weighted by Crippen LogP contribution is -2.44. The Morgan fingerprint density at radius 3 is 2.83 bits per heavy atom. The van der Waals surface area contributed by atoms with E-state index in [-0.39, 0.29) is 18.6 Å². The number of rotatable bonds is 10. The second-order valence-corrected chi connectivity index (χ2v) is 7.45. The number of amides is 1. The maximum Gasteiger partial charge on any atom is 0.224 e. The molecule has 0 aromatic heterocycles. The van der Waals surface area contributed by atoms with Crippen LogP contribution in [-0.2, 0) is 9.53 Å². The number of aliphatic hydroxyl groups excluding tert-OH is 2. The van der Waals surface area contributed by atoms with Crippen molar-refractivity contribution in [1.29, 1.82) is 0 Å². The molecule has 3 rings (SSSR count). The Kier molecular flexibility index (Phi) is 7.30. The van der Waals surface area contributed by atoms with Crippen molar-refractivity contribution in [3.8, 4) is 0 Å². The Hall–Kier alpha value is -2.35. The van der Waals surface area contributed by atoms with Gasteiger partial charge >= 0.3 is 0 Å². The first kappa shape index (κ1) is 21.4. The quantitative estimate of drug-likeness (QED) is 0.450. The van der Waals surface area contributed by atoms with Gasteiger partial charge in [0, 0.05) is 47.8 Å². The van der Waals surface area contributed by atoms with Crippen molar-refractivity contribution < 1.29 is 19.7 Å². The third kappa shape index (κ3) is 4.80. The first-order chi connectivity index (χ1) is 14.0. The van der Waals surface area contributed by atoms with Crippen molar-refractivity contribution in [3.63, 3.8) is 0 Å². The highest BCUT2D eigenvalue weighted by Crippen LogP contribution is 2.45. The van der Waals surface area contributed by atoms with Crippen LogP contribution in [0.25, 0.3) is 5.70 Å². The molecule has 0 bridgehead atoms. The molecule has 29 heavy (non-hydrogen) atoms. The van der Waals surface area contributed by atoms with E-state index in [1.54, 1.807) is 0 Å². The molecule has 1 saturated heterocycles. The molecule has 1 aromatic rings. The molecule has 0 aliphatic carbocycles. The van der Waals surface area contributed by atoms with Crippen LogP contribution in [0, 0.1) is 0 Å². The number of carbonyl (C=O) groups excluding carboxylic acids is 1. The number of aliphatic hydroxyl groups is 2. The van der Waals surface area contributed by atoms with Crippen LogP contribution in [0.3, 0.4) is 0 Å². The number of nitrogens with one attached hydrogen (secondary N) is 2. The van der Waals surface area contributed by atoms with E-state index in [0.29, 0.717) is 31.8 Å². The molecule has 7 heteroatoms. The second-order valence-electron chi connectivity index (χ2n) is 7.45. The topological polar surface area (TPSA) is 94.1 Å². The summed E-state index contributed by atoms with van der Waals surface area (Å²) < 4.78 is 5.27. The van der Waals surface area contributed by atoms with Crippen molar-refractivity contribution in [3.05, 3.63) is 48.2 Å². The number of fused-ring (bicyclic) bond motifs is 1. The van der Waals surface area contributed by atoms with E-state index in [2.05, 4.69) is 23.8 Å². The number of hydrogen-bond donors (Lipinski definition) is 4. The van der Waals surface area contributed by atoms with Crippen molar-refractivity contribution in [2.24, 2.45) is 0 Å². The van der Waals surface area contributed by atoms with Gasteiger partial charge in [0.2, 0.25) is 5.91 Å². The van der Waals surface area contributed by atoms with Crippen LogP contribution in [0.4, 0.5) is 5.69 Å². The molecule has 2 aliphatic rings. The Balaban J connectivity index is 1.60. The fourth-order valence-electron chi connectivity index (χ4n) is 4.01. The molecule has 2 heterocycles. The lowest BCUT2D eigenvalue weighted by atomic mass is 10.0. The van der Waals surface area contributed by atoms with E-state index in [1.807, 2.05) is 23.1 Å². The number of hydrogen-bond acceptors (Lipinski definition) is 6. The van der Waals surface area contributed by atoms with E-state index >= 15 is 0 Å². The molecular formula is C22H31N3O4. The van der Waals surface area contributed by atoms with Gasteiger partial charge in [0.25, 0.3) is 0 Å². The lowest BCUT2D eigenvalue weighted by molar-refractivity contribution is -0.122. The Morgan fingerprint density at radius 1 is 1.24 bits per heavy atom. The molecule has 2 aliphatic heterocycles. The maximum atomic E-state index is 11.6. The predicted molar refractivity (Wildman–Crippen MR) is 113 cm³/mol. The number of nitrogens with zero attached hydrogens (tertiary/aromatic N) is 1. The fourth-order valence-corrected chi connectivity index (χ4v) is 4.01. The summed E-state index contributed by atoms with van der Waals surface area (Å²) in [6.45, 7) is 10.2. The average molecular weight is 402 g/mol. The highest BCUT2D eigenvalue weighted by atomic mass is 16.5. The monoisotopic (exact) mass is 401 g/mol. The Labute approximate surface area is 172 Å². The summed E-state index contributed by atoms with van der Waals surface area (Å²) >= 11 is 0. The summed E-state index contributed by atoms with van der Waals surface area (Å²) in [5, 5.41) is 25.9. The first-order valence-corrected chi connectivity index (χ1v) is 10.2. The van der Waals surface area contributed by atoms with Crippen molar-refractivity contribution in [1.82, 2.24) is 10.2 Å². The number of piperidine rings is 1. The minimum atomic E-state index is -0.806. The van der Waals surface area contributed by atoms with Gasteiger partial charge in [0.1, 0.15) is 0 Å². The molecule has 2 unspecified atom stereocenters. The zero-order chi connectivity index (χ0) is 20.8. The number of anilines is 1. The highest BCUT2D eigenvalue weighted by molar-refractivity contribution is 5.82. The van der Waals surface area contributed by atoms with Crippen LogP contribution in [0.15, 0.2) is 37.1 Å². The van der Waals surface area contributed by atoms with Crippen molar-refractivity contribution in [2.45, 2.75) is 44.4 Å². The van der Waals surface area contributed by atoms with Gasteiger partial charge in [-0.3, -0.25) is 4.79 Å². The molecule has 158 valence electrons. The minimum Gasteiger partial charge on any atom is -0.394 e. The van der Waals surface area contributed by atoms with Gasteiger partial charge in [-0.05, 0) is 31.7 Å². The number of carbonyl (C=O) groups is 1. The van der Waals surface area contributed by atoms with Crippen LogP contribution in [0.5, 0.6) is 0 Å². The molecule has 2 atom stereocenters. The largest absolute Gasteiger partial charge is 0.394 e. The minimum absolute atomic E-state index is 0.0350. The number of unbranched alkanes of at least 4 members (excludes halogenated alkanes) is 2. The third-order valence-corrected chi connectivity index (χ3v) is 5.44. The van der Waals surface area contributed by atoms with Crippen LogP contribution < -0.4 is 10.6 Å². The summed E-state index contributed by atoms with van der Waals surface area (Å²) in [6.07, 6.45) is 3.20. The molecule has 4 N–H and O–H groups in total. The molecule has 0 saturated carbocycles. The normalized spacial score (nSPS) is 21.3. The highest BCUT2D eigenvalue weighted by Gasteiger charge is 2.39. The standard InChI is InChI=1S/C22H31N3O4/c1-15-19(9-10-20(27)24-15)25-16(2)21-17(22(25)28)7-6-8-18(21)23-11-4-3-5-13-29-14-12-26/h6-8,19,22-23,26,28H,1-5,9-14H2,(H,24,27). The van der Waals surface area contributed by atoms with Crippen LogP contribution in [0.2, 0.25) is 0 Å². The average Bonchev–Trinajstić information content (AvgIpc) is 2.95. The van der Waals surface area contributed by atoms with Gasteiger partial charge in [-0.15, -0.1) is 0 Å². The van der Waals surface area contributed by atoms with E-state index in [9.17, 15) is 9.90 Å². The molecular weight excluding hydrogens is 370 g/mol. The summed E-state index contributed by atoms with van der Waals surface area (Å²) in [5.74, 6) is -0.0350. The van der Waals surface area contributed by atoms with Gasteiger partial charge < -0.3 is 30.5 Å². The first-order valence-electron chi connectivity index (χ1n) is 10.2. The fraction of sp³-hybridized carbons (Fsp3) is 0.500. The van der Waals surface area contributed by atoms with Crippen LogP contribution in [-0.4, -0.2) is 53.4 Å². The van der Waals surface area contributed by atoms with Gasteiger partial charge in [0.15, 0.2) is 6.23 Å². The smallest absolute Gasteiger partial charge is 0.224 e. The van der Waals surface area contributed by atoms with Gasteiger partial charge in [0.05, 0.1) is 19.3 Å². The van der Waals surface area contributed by atoms with Gasteiger partial charge in [-0.2, -0.15) is 0 Å². The zero-order valence-electron chi connectivity index (χ0n) is 16.8. The Morgan fingerprint density at radius 2 is 2.07 bits per heavy atom. The van der Waals surface area contributed by atoms with Crippen molar-refractivity contribution >= 4 is 17.3 Å². The van der Waals surface area contributed by atoms with Crippen molar-refractivity contribution in [2.75, 3.05) is 31.7 Å². The summed E-state index contributed by atoms with van der Waals surface area (Å²) in [5.41, 5.74) is 4.05. The molecule has 0 spiro atoms. The molecule has 7 nitrogen and oxygen atoms in total. The van der Waals surface area contributed by atoms with Crippen LogP contribution >= 0.6 is 0 Å². The maximum absolute atomic E-state index is 11.6. The van der Waals surface area contributed by atoms with E-state index in [1.165, 1.54) is 0 Å². The molecule has 1 amide bonds. The molecule has 0 radical (unpaired) electrons. The number of benzene rings is 1. The summed E-state index contributed by atoms with van der Waals surface area (Å²) in [4.78, 5) is 13.5. The molecule has 1 fully saturated rings. The number of ether oxygens (including phenoxy) is 1. The lowest BCUT2D eigenvalue weighted by Gasteiger charge is -2.37. The second kappa shape index (κ2) is 9.91. The van der Waals surface area contributed by atoms with Crippen LogP contribution in [0.1, 0.15) is 49.5 Å². The summed E-state index contributed by atoms with van der Waals surface area (Å²) in [6, 6.07) is 5.68.